The summed E-state index contributed by atoms with van der Waals surface area (Å²) >= 11 is 0. The molecule has 2 fully saturated rings. The highest BCUT2D eigenvalue weighted by Crippen LogP contribution is 2.37. The number of benzene rings is 1. The van der Waals surface area contributed by atoms with Gasteiger partial charge >= 0.3 is 6.18 Å². The van der Waals surface area contributed by atoms with Gasteiger partial charge in [0.25, 0.3) is 5.91 Å². The molecular formula is C25H32F3N3O5S. The molecule has 1 spiro atoms. The number of halogens is 3. The molecule has 1 aromatic heterocycles. The lowest BCUT2D eigenvalue weighted by Gasteiger charge is -2.38. The number of aryl methyl sites for hydroxylation is 1. The maximum atomic E-state index is 13.1. The molecule has 12 heteroatoms. The van der Waals surface area contributed by atoms with Gasteiger partial charge in [0.15, 0.2) is 15.6 Å². The predicted molar refractivity (Wildman–Crippen MR) is 133 cm³/mol. The van der Waals surface area contributed by atoms with Crippen molar-refractivity contribution in [1.82, 2.24) is 10.3 Å². The summed E-state index contributed by atoms with van der Waals surface area (Å²) in [6.45, 7) is 7.13. The molecule has 1 unspecified atom stereocenters. The summed E-state index contributed by atoms with van der Waals surface area (Å²) in [4.78, 5) is 17.7. The average Bonchev–Trinajstić information content (AvgIpc) is 3.26. The fourth-order valence-corrected chi connectivity index (χ4v) is 6.62. The van der Waals surface area contributed by atoms with Crippen molar-refractivity contribution in [3.05, 3.63) is 35.0 Å². The molecule has 0 radical (unpaired) electrons. The summed E-state index contributed by atoms with van der Waals surface area (Å²) in [6, 6.07) is 4.81. The van der Waals surface area contributed by atoms with Gasteiger partial charge in [-0.2, -0.15) is 13.2 Å². The third kappa shape index (κ3) is 6.18. The number of amides is 1. The van der Waals surface area contributed by atoms with E-state index in [2.05, 4.69) is 15.6 Å². The Bertz CT molecular complexity index is 1300. The van der Waals surface area contributed by atoms with Crippen LogP contribution < -0.4 is 10.6 Å². The van der Waals surface area contributed by atoms with E-state index in [1.807, 2.05) is 20.8 Å². The molecule has 2 aliphatic rings. The molecule has 1 aromatic carbocycles. The van der Waals surface area contributed by atoms with Crippen LogP contribution >= 0.6 is 0 Å². The van der Waals surface area contributed by atoms with Crippen LogP contribution in [-0.4, -0.2) is 69.1 Å². The lowest BCUT2D eigenvalue weighted by atomic mass is 9.84. The Morgan fingerprint density at radius 3 is 2.46 bits per heavy atom. The summed E-state index contributed by atoms with van der Waals surface area (Å²) in [6.07, 6.45) is -4.15. The van der Waals surface area contributed by atoms with Crippen LogP contribution in [0.1, 0.15) is 48.8 Å². The smallest absolute Gasteiger partial charge is 0.376 e. The minimum atomic E-state index is -4.36. The molecule has 0 bridgehead atoms. The Morgan fingerprint density at radius 1 is 1.16 bits per heavy atom. The number of aromatic nitrogens is 1. The largest absolute Gasteiger partial charge is 0.405 e. The summed E-state index contributed by atoms with van der Waals surface area (Å²) in [5, 5.41) is 5.87. The third-order valence-electron chi connectivity index (χ3n) is 6.78. The van der Waals surface area contributed by atoms with Crippen molar-refractivity contribution in [2.24, 2.45) is 5.92 Å². The molecule has 2 aromatic rings. The fraction of sp³-hybridized carbons (Fsp3) is 0.600. The number of sulfone groups is 1. The molecule has 1 atom stereocenters. The highest BCUT2D eigenvalue weighted by atomic mass is 32.2. The van der Waals surface area contributed by atoms with Gasteiger partial charge in [-0.15, -0.1) is 0 Å². The number of carbonyl (C=O) groups is 1. The zero-order chi connectivity index (χ0) is 27.2. The number of nitrogens with one attached hydrogen (secondary N) is 2. The first-order valence-electron chi connectivity index (χ1n) is 12.1. The summed E-state index contributed by atoms with van der Waals surface area (Å²) < 4.78 is 74.4. The average molecular weight is 544 g/mol. The standard InChI is InChI=1S/C25H32F3N3O5S/c1-15-9-20(22(32)29-12-16-13-37(33,34)8-5-24(16)35-6-7-36-24)31-21-18(15)10-17(30-14-25(26,27)28)11-19(21)23(2,3)4/h9-11,16,30H,5-8,12-14H2,1-4H3,(H,29,32). The first kappa shape index (κ1) is 27.6. The number of anilines is 1. The van der Waals surface area contributed by atoms with Crippen molar-refractivity contribution in [1.29, 1.82) is 0 Å². The third-order valence-corrected chi connectivity index (χ3v) is 8.51. The fourth-order valence-electron chi connectivity index (χ4n) is 4.87. The Morgan fingerprint density at radius 2 is 1.84 bits per heavy atom. The van der Waals surface area contributed by atoms with Crippen LogP contribution in [0.2, 0.25) is 0 Å². The van der Waals surface area contributed by atoms with Crippen LogP contribution in [-0.2, 0) is 24.7 Å². The number of alkyl halides is 3. The van der Waals surface area contributed by atoms with Gasteiger partial charge in [-0.25, -0.2) is 13.4 Å². The van der Waals surface area contributed by atoms with E-state index in [1.165, 1.54) is 0 Å². The van der Waals surface area contributed by atoms with Crippen molar-refractivity contribution < 1.29 is 35.9 Å². The molecule has 3 heterocycles. The number of fused-ring (bicyclic) bond motifs is 1. The Labute approximate surface area is 214 Å². The lowest BCUT2D eigenvalue weighted by molar-refractivity contribution is -0.192. The van der Waals surface area contributed by atoms with Crippen LogP contribution in [0.15, 0.2) is 18.2 Å². The molecular weight excluding hydrogens is 511 g/mol. The van der Waals surface area contributed by atoms with Crippen molar-refractivity contribution in [3.63, 3.8) is 0 Å². The van der Waals surface area contributed by atoms with Gasteiger partial charge in [0.05, 0.1) is 30.2 Å². The molecule has 2 aliphatic heterocycles. The van der Waals surface area contributed by atoms with E-state index >= 15 is 0 Å². The molecule has 0 saturated carbocycles. The Balaban J connectivity index is 1.62. The monoisotopic (exact) mass is 543 g/mol. The van der Waals surface area contributed by atoms with E-state index in [-0.39, 0.29) is 30.2 Å². The quantitative estimate of drug-likeness (QED) is 0.592. The van der Waals surface area contributed by atoms with E-state index in [0.29, 0.717) is 40.9 Å². The molecule has 1 amide bonds. The number of ether oxygens (including phenoxy) is 2. The second-order valence-electron chi connectivity index (χ2n) is 10.7. The Kier molecular flexibility index (Phi) is 7.23. The first-order chi connectivity index (χ1) is 17.1. The van der Waals surface area contributed by atoms with E-state index < -0.39 is 45.6 Å². The van der Waals surface area contributed by atoms with E-state index in [9.17, 15) is 26.4 Å². The van der Waals surface area contributed by atoms with Gasteiger partial charge in [-0.3, -0.25) is 4.79 Å². The molecule has 4 rings (SSSR count). The summed E-state index contributed by atoms with van der Waals surface area (Å²) in [5.41, 5.74) is 1.87. The second kappa shape index (κ2) is 9.70. The number of hydrogen-bond acceptors (Lipinski definition) is 7. The second-order valence-corrected chi connectivity index (χ2v) is 13.0. The number of pyridine rings is 1. The zero-order valence-corrected chi connectivity index (χ0v) is 22.1. The van der Waals surface area contributed by atoms with Gasteiger partial charge in [0, 0.05) is 30.0 Å². The van der Waals surface area contributed by atoms with Crippen LogP contribution in [0.5, 0.6) is 0 Å². The van der Waals surface area contributed by atoms with E-state index in [4.69, 9.17) is 9.47 Å². The topological polar surface area (TPSA) is 107 Å². The van der Waals surface area contributed by atoms with Crippen LogP contribution in [0, 0.1) is 12.8 Å². The minimum Gasteiger partial charge on any atom is -0.376 e. The SMILES string of the molecule is Cc1cc(C(=O)NCC2CS(=O)(=O)CCC23OCCO3)nc2c(C(C)(C)C)cc(NCC(F)(F)F)cc12. The first-order valence-corrected chi connectivity index (χ1v) is 13.9. The molecule has 2 N–H and O–H groups in total. The Hall–Kier alpha value is -2.44. The summed E-state index contributed by atoms with van der Waals surface area (Å²) in [7, 11) is -3.29. The number of hydrogen-bond donors (Lipinski definition) is 2. The number of nitrogens with zero attached hydrogens (tertiary/aromatic N) is 1. The minimum absolute atomic E-state index is 0.0295. The zero-order valence-electron chi connectivity index (χ0n) is 21.3. The maximum absolute atomic E-state index is 13.1. The normalized spacial score (nSPS) is 21.3. The van der Waals surface area contributed by atoms with Crippen molar-refractivity contribution in [3.8, 4) is 0 Å². The highest BCUT2D eigenvalue weighted by molar-refractivity contribution is 7.91. The van der Waals surface area contributed by atoms with Crippen molar-refractivity contribution in [2.45, 2.75) is 51.5 Å². The molecule has 2 saturated heterocycles. The van der Waals surface area contributed by atoms with E-state index in [1.54, 1.807) is 25.1 Å². The highest BCUT2D eigenvalue weighted by Gasteiger charge is 2.50. The van der Waals surface area contributed by atoms with Crippen LogP contribution in [0.3, 0.4) is 0 Å². The van der Waals surface area contributed by atoms with Gasteiger partial charge < -0.3 is 20.1 Å². The van der Waals surface area contributed by atoms with Gasteiger partial charge in [-0.1, -0.05) is 20.8 Å². The predicted octanol–water partition coefficient (Wildman–Crippen LogP) is 3.72. The number of carbonyl (C=O) groups excluding carboxylic acids is 1. The molecule has 8 nitrogen and oxygen atoms in total. The van der Waals surface area contributed by atoms with Gasteiger partial charge in [-0.05, 0) is 41.7 Å². The maximum Gasteiger partial charge on any atom is 0.405 e. The van der Waals surface area contributed by atoms with Crippen molar-refractivity contribution >= 4 is 32.3 Å². The van der Waals surface area contributed by atoms with Gasteiger partial charge in [0.2, 0.25) is 0 Å². The van der Waals surface area contributed by atoms with Crippen molar-refractivity contribution in [2.75, 3.05) is 43.1 Å². The number of rotatable bonds is 5. The molecule has 204 valence electrons. The molecule has 37 heavy (non-hydrogen) atoms. The van der Waals surface area contributed by atoms with Gasteiger partial charge in [0.1, 0.15) is 12.2 Å². The van der Waals surface area contributed by atoms with Crippen LogP contribution in [0.4, 0.5) is 18.9 Å². The molecule has 0 aliphatic carbocycles. The van der Waals surface area contributed by atoms with E-state index in [0.717, 1.165) is 0 Å². The summed E-state index contributed by atoms with van der Waals surface area (Å²) in [5.74, 6) is -2.26. The lowest BCUT2D eigenvalue weighted by Crippen LogP contribution is -2.53. The van der Waals surface area contributed by atoms with Crippen LogP contribution in [0.25, 0.3) is 10.9 Å².